The zero-order valence-electron chi connectivity index (χ0n) is 18.4. The van der Waals surface area contributed by atoms with Crippen LogP contribution in [0.2, 0.25) is 0 Å². The SMILES string of the molecule is CCN(C(=O)C(C)C1CNC1)C1CCN(c2cc(C)nc(C(C)C)n2)CC1.Cl.Cl. The lowest BCUT2D eigenvalue weighted by Crippen LogP contribution is -2.54. The Hall–Kier alpha value is -1.11. The second kappa shape index (κ2) is 11.3. The van der Waals surface area contributed by atoms with Crippen LogP contribution in [0.1, 0.15) is 58.0 Å². The number of anilines is 1. The Morgan fingerprint density at radius 2 is 1.83 bits per heavy atom. The summed E-state index contributed by atoms with van der Waals surface area (Å²) in [6, 6.07) is 2.43. The second-order valence-electron chi connectivity index (χ2n) is 8.43. The third kappa shape index (κ3) is 5.96. The number of carbonyl (C=O) groups excluding carboxylic acids is 1. The Kier molecular flexibility index (Phi) is 10.1. The van der Waals surface area contributed by atoms with E-state index in [-0.39, 0.29) is 30.7 Å². The molecule has 3 heterocycles. The van der Waals surface area contributed by atoms with E-state index < -0.39 is 0 Å². The molecule has 1 atom stereocenters. The highest BCUT2D eigenvalue weighted by Crippen LogP contribution is 2.26. The Morgan fingerprint density at radius 3 is 2.31 bits per heavy atom. The van der Waals surface area contributed by atoms with Crippen molar-refractivity contribution in [1.82, 2.24) is 20.2 Å². The van der Waals surface area contributed by atoms with Gasteiger partial charge in [-0.15, -0.1) is 24.8 Å². The van der Waals surface area contributed by atoms with Gasteiger partial charge in [0.05, 0.1) is 0 Å². The number of halogens is 2. The highest BCUT2D eigenvalue weighted by molar-refractivity contribution is 5.85. The summed E-state index contributed by atoms with van der Waals surface area (Å²) in [4.78, 5) is 26.8. The summed E-state index contributed by atoms with van der Waals surface area (Å²) >= 11 is 0. The molecule has 6 nitrogen and oxygen atoms in total. The Balaban J connectivity index is 0.00000210. The average Bonchev–Trinajstić information content (AvgIpc) is 2.60. The van der Waals surface area contributed by atoms with Crippen molar-refractivity contribution in [3.63, 3.8) is 0 Å². The lowest BCUT2D eigenvalue weighted by atomic mass is 9.87. The molecule has 2 saturated heterocycles. The molecule has 29 heavy (non-hydrogen) atoms. The third-order valence-electron chi connectivity index (χ3n) is 6.14. The van der Waals surface area contributed by atoms with Gasteiger partial charge in [-0.05, 0) is 45.7 Å². The first-order chi connectivity index (χ1) is 12.9. The summed E-state index contributed by atoms with van der Waals surface area (Å²) in [6.07, 6.45) is 2.02. The minimum atomic E-state index is 0. The van der Waals surface area contributed by atoms with Gasteiger partial charge in [-0.1, -0.05) is 20.8 Å². The van der Waals surface area contributed by atoms with Gasteiger partial charge in [-0.25, -0.2) is 9.97 Å². The maximum Gasteiger partial charge on any atom is 0.226 e. The first-order valence-corrected chi connectivity index (χ1v) is 10.5. The van der Waals surface area contributed by atoms with Crippen molar-refractivity contribution in [2.45, 2.75) is 59.4 Å². The van der Waals surface area contributed by atoms with Gasteiger partial charge in [-0.2, -0.15) is 0 Å². The van der Waals surface area contributed by atoms with Gasteiger partial charge in [0, 0.05) is 49.3 Å². The maximum absolute atomic E-state index is 13.0. The molecule has 3 rings (SSSR count). The zero-order chi connectivity index (χ0) is 19.6. The standard InChI is InChI=1S/C21H35N5O.2ClH/c1-6-26(21(27)16(5)17-12-22-13-17)18-7-9-25(10-8-18)19-11-15(4)23-20(24-19)14(2)3;;/h11,14,16-18,22H,6-10,12-13H2,1-5H3;2*1H. The van der Waals surface area contributed by atoms with Gasteiger partial charge in [0.25, 0.3) is 0 Å². The molecule has 1 unspecified atom stereocenters. The van der Waals surface area contributed by atoms with Crippen molar-refractivity contribution in [2.75, 3.05) is 37.6 Å². The third-order valence-corrected chi connectivity index (χ3v) is 6.14. The Morgan fingerprint density at radius 1 is 1.21 bits per heavy atom. The number of hydrogen-bond donors (Lipinski definition) is 1. The average molecular weight is 446 g/mol. The molecule has 1 aromatic heterocycles. The highest BCUT2D eigenvalue weighted by Gasteiger charge is 2.35. The van der Waals surface area contributed by atoms with Crippen LogP contribution in [0.15, 0.2) is 6.07 Å². The van der Waals surface area contributed by atoms with Crippen LogP contribution in [-0.2, 0) is 4.79 Å². The second-order valence-corrected chi connectivity index (χ2v) is 8.43. The quantitative estimate of drug-likeness (QED) is 0.726. The predicted molar refractivity (Wildman–Crippen MR) is 123 cm³/mol. The summed E-state index contributed by atoms with van der Waals surface area (Å²) in [5.41, 5.74) is 1.03. The van der Waals surface area contributed by atoms with Gasteiger partial charge in [0.1, 0.15) is 11.6 Å². The topological polar surface area (TPSA) is 61.4 Å². The lowest BCUT2D eigenvalue weighted by molar-refractivity contribution is -0.140. The minimum Gasteiger partial charge on any atom is -0.356 e. The van der Waals surface area contributed by atoms with E-state index in [1.165, 1.54) is 0 Å². The normalized spacial score (nSPS) is 18.5. The summed E-state index contributed by atoms with van der Waals surface area (Å²) in [5, 5.41) is 3.28. The minimum absolute atomic E-state index is 0. The predicted octanol–water partition coefficient (Wildman–Crippen LogP) is 3.42. The molecule has 0 radical (unpaired) electrons. The molecule has 1 N–H and O–H groups in total. The first kappa shape index (κ1) is 25.9. The van der Waals surface area contributed by atoms with E-state index in [0.717, 1.165) is 62.9 Å². The summed E-state index contributed by atoms with van der Waals surface area (Å²) in [7, 11) is 0. The molecule has 2 fully saturated rings. The molecule has 0 spiro atoms. The number of aromatic nitrogens is 2. The molecule has 0 saturated carbocycles. The Bertz CT molecular complexity index is 660. The number of aryl methyl sites for hydroxylation is 1. The van der Waals surface area contributed by atoms with E-state index in [0.29, 0.717) is 23.8 Å². The first-order valence-electron chi connectivity index (χ1n) is 10.5. The van der Waals surface area contributed by atoms with Crippen LogP contribution in [-0.4, -0.2) is 59.5 Å². The fraction of sp³-hybridized carbons (Fsp3) is 0.762. The summed E-state index contributed by atoms with van der Waals surface area (Å²) in [6.45, 7) is 15.2. The van der Waals surface area contributed by atoms with E-state index in [1.807, 2.05) is 6.92 Å². The molecule has 0 aromatic carbocycles. The summed E-state index contributed by atoms with van der Waals surface area (Å²) < 4.78 is 0. The van der Waals surface area contributed by atoms with E-state index in [4.69, 9.17) is 4.98 Å². The number of hydrogen-bond acceptors (Lipinski definition) is 5. The maximum atomic E-state index is 13.0. The zero-order valence-corrected chi connectivity index (χ0v) is 20.0. The van der Waals surface area contributed by atoms with Crippen LogP contribution < -0.4 is 10.2 Å². The molecule has 1 aromatic rings. The van der Waals surface area contributed by atoms with Gasteiger partial charge in [-0.3, -0.25) is 4.79 Å². The fourth-order valence-electron chi connectivity index (χ4n) is 4.12. The van der Waals surface area contributed by atoms with E-state index in [2.05, 4.69) is 53.9 Å². The lowest BCUT2D eigenvalue weighted by Gasteiger charge is -2.41. The van der Waals surface area contributed by atoms with E-state index >= 15 is 0 Å². The van der Waals surface area contributed by atoms with Crippen molar-refractivity contribution in [1.29, 1.82) is 0 Å². The monoisotopic (exact) mass is 445 g/mol. The van der Waals surface area contributed by atoms with Crippen LogP contribution in [0.25, 0.3) is 0 Å². The number of amides is 1. The van der Waals surface area contributed by atoms with Crippen LogP contribution >= 0.6 is 24.8 Å². The molecular weight excluding hydrogens is 409 g/mol. The molecule has 0 aliphatic carbocycles. The van der Waals surface area contributed by atoms with Gasteiger partial charge in [0.2, 0.25) is 5.91 Å². The smallest absolute Gasteiger partial charge is 0.226 e. The van der Waals surface area contributed by atoms with Gasteiger partial charge < -0.3 is 15.1 Å². The molecule has 1 amide bonds. The van der Waals surface area contributed by atoms with Crippen molar-refractivity contribution in [2.24, 2.45) is 11.8 Å². The molecule has 166 valence electrons. The van der Waals surface area contributed by atoms with Crippen molar-refractivity contribution >= 4 is 36.5 Å². The van der Waals surface area contributed by atoms with Gasteiger partial charge >= 0.3 is 0 Å². The van der Waals surface area contributed by atoms with Crippen molar-refractivity contribution < 1.29 is 4.79 Å². The molecule has 2 aliphatic heterocycles. The number of nitrogens with one attached hydrogen (secondary N) is 1. The molecular formula is C21H37Cl2N5O. The Labute approximate surface area is 188 Å². The number of piperidine rings is 1. The molecule has 0 bridgehead atoms. The van der Waals surface area contributed by atoms with Crippen LogP contribution in [0.3, 0.4) is 0 Å². The number of rotatable bonds is 6. The van der Waals surface area contributed by atoms with Crippen LogP contribution in [0, 0.1) is 18.8 Å². The summed E-state index contributed by atoms with van der Waals surface area (Å²) in [5.74, 6) is 3.25. The number of carbonyl (C=O) groups is 1. The van der Waals surface area contributed by atoms with Crippen molar-refractivity contribution in [3.05, 3.63) is 17.6 Å². The largest absolute Gasteiger partial charge is 0.356 e. The fourth-order valence-corrected chi connectivity index (χ4v) is 4.12. The number of nitrogens with zero attached hydrogens (tertiary/aromatic N) is 4. The molecule has 8 heteroatoms. The van der Waals surface area contributed by atoms with Crippen molar-refractivity contribution in [3.8, 4) is 0 Å². The van der Waals surface area contributed by atoms with Crippen LogP contribution in [0.5, 0.6) is 0 Å². The molecule has 2 aliphatic rings. The van der Waals surface area contributed by atoms with E-state index in [1.54, 1.807) is 0 Å². The highest BCUT2D eigenvalue weighted by atomic mass is 35.5. The van der Waals surface area contributed by atoms with Crippen LogP contribution in [0.4, 0.5) is 5.82 Å². The van der Waals surface area contributed by atoms with Gasteiger partial charge in [0.15, 0.2) is 0 Å². The van der Waals surface area contributed by atoms with E-state index in [9.17, 15) is 4.79 Å².